The molecule has 1 heterocycles. The molecule has 110 valence electrons. The topological polar surface area (TPSA) is 79.4 Å². The van der Waals surface area contributed by atoms with Gasteiger partial charge in [-0.05, 0) is 12.1 Å². The van der Waals surface area contributed by atoms with Crippen LogP contribution in [0.25, 0.3) is 10.9 Å². The lowest BCUT2D eigenvalue weighted by Crippen LogP contribution is -2.02. The van der Waals surface area contributed by atoms with Crippen LogP contribution in [0.3, 0.4) is 0 Å². The summed E-state index contributed by atoms with van der Waals surface area (Å²) in [7, 11) is 1.29. The third-order valence-corrected chi connectivity index (χ3v) is 3.46. The van der Waals surface area contributed by atoms with E-state index in [1.54, 1.807) is 42.5 Å². The van der Waals surface area contributed by atoms with Gasteiger partial charge in [-0.1, -0.05) is 36.4 Å². The molecule has 2 N–H and O–H groups in total. The van der Waals surface area contributed by atoms with Crippen molar-refractivity contribution < 1.29 is 19.4 Å². The van der Waals surface area contributed by atoms with Crippen LogP contribution in [-0.2, 0) is 4.74 Å². The van der Waals surface area contributed by atoms with Crippen LogP contribution in [0.2, 0.25) is 0 Å². The lowest BCUT2D eigenvalue weighted by Gasteiger charge is -2.01. The summed E-state index contributed by atoms with van der Waals surface area (Å²) < 4.78 is 4.66. The molecule has 0 amide bonds. The highest BCUT2D eigenvalue weighted by Gasteiger charge is 2.20. The first-order valence-corrected chi connectivity index (χ1v) is 6.64. The molecule has 0 fully saturated rings. The Balaban J connectivity index is 2.13. The Labute approximate surface area is 126 Å². The number of ketones is 1. The zero-order valence-corrected chi connectivity index (χ0v) is 11.8. The largest absolute Gasteiger partial charge is 0.494 e. The summed E-state index contributed by atoms with van der Waals surface area (Å²) >= 11 is 0. The molecule has 0 saturated carbocycles. The maximum absolute atomic E-state index is 12.5. The number of benzene rings is 2. The van der Waals surface area contributed by atoms with Crippen LogP contribution in [-0.4, -0.2) is 29.0 Å². The first kappa shape index (κ1) is 13.9. The number of methoxy groups -OCH3 is 1. The molecule has 0 radical (unpaired) electrons. The quantitative estimate of drug-likeness (QED) is 0.575. The van der Waals surface area contributed by atoms with Crippen molar-refractivity contribution in [3.63, 3.8) is 0 Å². The molecule has 2 aromatic carbocycles. The van der Waals surface area contributed by atoms with Crippen molar-refractivity contribution in [1.82, 2.24) is 4.98 Å². The molecule has 0 bridgehead atoms. The van der Waals surface area contributed by atoms with E-state index >= 15 is 0 Å². The molecule has 0 aliphatic heterocycles. The maximum atomic E-state index is 12.5. The summed E-state index contributed by atoms with van der Waals surface area (Å²) in [5, 5.41) is 10.6. The summed E-state index contributed by atoms with van der Waals surface area (Å²) in [6.07, 6.45) is 0. The molecule has 0 unspecified atom stereocenters. The van der Waals surface area contributed by atoms with E-state index < -0.39 is 5.97 Å². The molecular weight excluding hydrogens is 282 g/mol. The second-order valence-electron chi connectivity index (χ2n) is 4.80. The second kappa shape index (κ2) is 5.37. The van der Waals surface area contributed by atoms with Gasteiger partial charge in [0.15, 0.2) is 5.78 Å². The lowest BCUT2D eigenvalue weighted by atomic mass is 10.0. The SMILES string of the molecule is COC(=O)c1ccc2c(C(=O)c3ccccc3)c(O)[nH]c2c1. The highest BCUT2D eigenvalue weighted by Crippen LogP contribution is 2.30. The summed E-state index contributed by atoms with van der Waals surface area (Å²) in [6, 6.07) is 13.4. The summed E-state index contributed by atoms with van der Waals surface area (Å²) in [5.41, 5.74) is 1.52. The average molecular weight is 295 g/mol. The van der Waals surface area contributed by atoms with Gasteiger partial charge in [0.25, 0.3) is 0 Å². The molecule has 3 aromatic rings. The zero-order chi connectivity index (χ0) is 15.7. The predicted molar refractivity (Wildman–Crippen MR) is 81.2 cm³/mol. The van der Waals surface area contributed by atoms with Crippen LogP contribution in [0, 0.1) is 0 Å². The van der Waals surface area contributed by atoms with Crippen LogP contribution < -0.4 is 0 Å². The highest BCUT2D eigenvalue weighted by atomic mass is 16.5. The van der Waals surface area contributed by atoms with Gasteiger partial charge in [0.1, 0.15) is 0 Å². The van der Waals surface area contributed by atoms with E-state index in [1.807, 2.05) is 6.07 Å². The molecule has 22 heavy (non-hydrogen) atoms. The Morgan fingerprint density at radius 3 is 2.45 bits per heavy atom. The van der Waals surface area contributed by atoms with Crippen molar-refractivity contribution in [2.75, 3.05) is 7.11 Å². The second-order valence-corrected chi connectivity index (χ2v) is 4.80. The minimum atomic E-state index is -0.480. The van der Waals surface area contributed by atoms with Crippen LogP contribution in [0.1, 0.15) is 26.3 Å². The number of esters is 1. The maximum Gasteiger partial charge on any atom is 0.337 e. The number of aromatic amines is 1. The van der Waals surface area contributed by atoms with E-state index in [2.05, 4.69) is 9.72 Å². The number of rotatable bonds is 3. The Hall–Kier alpha value is -3.08. The number of fused-ring (bicyclic) bond motifs is 1. The number of carbonyl (C=O) groups excluding carboxylic acids is 2. The molecule has 1 aromatic heterocycles. The van der Waals surface area contributed by atoms with Gasteiger partial charge in [-0.2, -0.15) is 0 Å². The lowest BCUT2D eigenvalue weighted by molar-refractivity contribution is 0.0600. The summed E-state index contributed by atoms with van der Waals surface area (Å²) in [5.74, 6) is -0.979. The van der Waals surface area contributed by atoms with E-state index in [4.69, 9.17) is 0 Å². The number of H-pyrrole nitrogens is 1. The first-order chi connectivity index (χ1) is 10.6. The molecular formula is C17H13NO4. The van der Waals surface area contributed by atoms with Crippen LogP contribution in [0.5, 0.6) is 5.88 Å². The van der Waals surface area contributed by atoms with Crippen LogP contribution >= 0.6 is 0 Å². The number of aromatic nitrogens is 1. The fourth-order valence-corrected chi connectivity index (χ4v) is 2.39. The molecule has 0 atom stereocenters. The van der Waals surface area contributed by atoms with E-state index in [0.29, 0.717) is 22.0 Å². The van der Waals surface area contributed by atoms with Gasteiger partial charge in [0.2, 0.25) is 5.88 Å². The van der Waals surface area contributed by atoms with Gasteiger partial charge >= 0.3 is 5.97 Å². The molecule has 5 heteroatoms. The van der Waals surface area contributed by atoms with Crippen molar-refractivity contribution in [2.45, 2.75) is 0 Å². The van der Waals surface area contributed by atoms with Gasteiger partial charge in [-0.3, -0.25) is 4.79 Å². The summed E-state index contributed by atoms with van der Waals surface area (Å²) in [6.45, 7) is 0. The number of carbonyl (C=O) groups is 2. The Morgan fingerprint density at radius 2 is 1.77 bits per heavy atom. The highest BCUT2D eigenvalue weighted by molar-refractivity contribution is 6.18. The molecule has 0 aliphatic carbocycles. The molecule has 0 spiro atoms. The van der Waals surface area contributed by atoms with Crippen molar-refractivity contribution in [3.8, 4) is 5.88 Å². The van der Waals surface area contributed by atoms with E-state index in [0.717, 1.165) is 0 Å². The minimum absolute atomic E-state index is 0.192. The minimum Gasteiger partial charge on any atom is -0.494 e. The molecule has 0 saturated heterocycles. The van der Waals surface area contributed by atoms with Gasteiger partial charge in [-0.15, -0.1) is 0 Å². The monoisotopic (exact) mass is 295 g/mol. The van der Waals surface area contributed by atoms with Gasteiger partial charge < -0.3 is 14.8 Å². The van der Waals surface area contributed by atoms with Gasteiger partial charge in [-0.25, -0.2) is 4.79 Å². The smallest absolute Gasteiger partial charge is 0.337 e. The van der Waals surface area contributed by atoms with Crippen LogP contribution in [0.15, 0.2) is 48.5 Å². The van der Waals surface area contributed by atoms with Crippen molar-refractivity contribution in [2.24, 2.45) is 0 Å². The van der Waals surface area contributed by atoms with E-state index in [1.165, 1.54) is 7.11 Å². The Morgan fingerprint density at radius 1 is 1.05 bits per heavy atom. The Bertz CT molecular complexity index is 865. The first-order valence-electron chi connectivity index (χ1n) is 6.64. The van der Waals surface area contributed by atoms with Gasteiger partial charge in [0, 0.05) is 16.5 Å². The average Bonchev–Trinajstić information content (AvgIpc) is 2.89. The normalized spacial score (nSPS) is 10.6. The Kier molecular flexibility index (Phi) is 3.39. The third-order valence-electron chi connectivity index (χ3n) is 3.46. The number of aromatic hydroxyl groups is 1. The zero-order valence-electron chi connectivity index (χ0n) is 11.8. The van der Waals surface area contributed by atoms with E-state index in [9.17, 15) is 14.7 Å². The third kappa shape index (κ3) is 2.22. The van der Waals surface area contributed by atoms with Crippen LogP contribution in [0.4, 0.5) is 0 Å². The number of ether oxygens (including phenoxy) is 1. The fraction of sp³-hybridized carbons (Fsp3) is 0.0588. The molecule has 0 aliphatic rings. The standard InChI is InChI=1S/C17H13NO4/c1-22-17(21)11-7-8-12-13(9-11)18-16(20)14(12)15(19)10-5-3-2-4-6-10/h2-9,18,20H,1H3. The van der Waals surface area contributed by atoms with E-state index in [-0.39, 0.29) is 17.2 Å². The number of hydrogen-bond donors (Lipinski definition) is 2. The number of hydrogen-bond acceptors (Lipinski definition) is 4. The number of nitrogens with one attached hydrogen (secondary N) is 1. The van der Waals surface area contributed by atoms with Gasteiger partial charge in [0.05, 0.1) is 18.2 Å². The van der Waals surface area contributed by atoms with Crippen molar-refractivity contribution >= 4 is 22.7 Å². The predicted octanol–water partition coefficient (Wildman–Crippen LogP) is 2.89. The molecule has 3 rings (SSSR count). The summed E-state index contributed by atoms with van der Waals surface area (Å²) in [4.78, 5) is 26.8. The molecule has 5 nitrogen and oxygen atoms in total. The fourth-order valence-electron chi connectivity index (χ4n) is 2.39. The van der Waals surface area contributed by atoms with Crippen molar-refractivity contribution in [3.05, 3.63) is 65.2 Å². The van der Waals surface area contributed by atoms with Crippen molar-refractivity contribution in [1.29, 1.82) is 0 Å².